The Bertz CT molecular complexity index is 1090. The third-order valence-corrected chi connectivity index (χ3v) is 7.12. The van der Waals surface area contributed by atoms with Crippen LogP contribution in [0.4, 0.5) is 0 Å². The number of esters is 1. The molecule has 33 heavy (non-hydrogen) atoms. The van der Waals surface area contributed by atoms with Crippen LogP contribution in [0.15, 0.2) is 35.4 Å². The van der Waals surface area contributed by atoms with E-state index in [9.17, 15) is 18.0 Å². The van der Waals surface area contributed by atoms with E-state index in [2.05, 4.69) is 5.32 Å². The van der Waals surface area contributed by atoms with Crippen LogP contribution in [-0.4, -0.2) is 62.6 Å². The number of hydrogen-bond donors (Lipinski definition) is 1. The summed E-state index contributed by atoms with van der Waals surface area (Å²) in [5.74, 6) is -0.196. The van der Waals surface area contributed by atoms with Crippen molar-refractivity contribution in [3.8, 4) is 11.5 Å². The highest BCUT2D eigenvalue weighted by Crippen LogP contribution is 2.27. The molecule has 0 spiro atoms. The Hall–Kier alpha value is -3.05. The summed E-state index contributed by atoms with van der Waals surface area (Å²) in [5, 5.41) is 2.70. The fraction of sp³-hybridized carbons (Fsp3) is 0.455. The van der Waals surface area contributed by atoms with E-state index in [1.807, 2.05) is 0 Å². The first-order valence-corrected chi connectivity index (χ1v) is 11.9. The smallest absolute Gasteiger partial charge is 0.355 e. The van der Waals surface area contributed by atoms with Gasteiger partial charge in [0.1, 0.15) is 10.6 Å². The third kappa shape index (κ3) is 6.05. The SMILES string of the molecule is CCN(CC)S(=O)(=O)c1cc(C(=O)OC(C)C(=O)NCc2ccc(OC)c(OC)c2)n(C)c1. The number of ether oxygens (including phenoxy) is 3. The zero-order valence-corrected chi connectivity index (χ0v) is 20.6. The van der Waals surface area contributed by atoms with E-state index in [1.54, 1.807) is 39.1 Å². The highest BCUT2D eigenvalue weighted by Gasteiger charge is 2.27. The average Bonchev–Trinajstić information content (AvgIpc) is 3.20. The number of hydrogen-bond acceptors (Lipinski definition) is 7. The number of sulfonamides is 1. The summed E-state index contributed by atoms with van der Waals surface area (Å²) in [5.41, 5.74) is 0.800. The Kier molecular flexibility index (Phi) is 8.89. The lowest BCUT2D eigenvalue weighted by Crippen LogP contribution is -2.35. The van der Waals surface area contributed by atoms with Crippen molar-refractivity contribution < 1.29 is 32.2 Å². The van der Waals surface area contributed by atoms with E-state index < -0.39 is 28.0 Å². The molecule has 0 saturated carbocycles. The van der Waals surface area contributed by atoms with E-state index in [4.69, 9.17) is 14.2 Å². The summed E-state index contributed by atoms with van der Waals surface area (Å²) < 4.78 is 43.8. The third-order valence-electron chi connectivity index (χ3n) is 5.10. The summed E-state index contributed by atoms with van der Waals surface area (Å²) in [6, 6.07) is 6.49. The molecule has 1 N–H and O–H groups in total. The molecule has 1 unspecified atom stereocenters. The van der Waals surface area contributed by atoms with Gasteiger partial charge in [0.15, 0.2) is 17.6 Å². The first kappa shape index (κ1) is 26.2. The molecule has 0 aliphatic carbocycles. The van der Waals surface area contributed by atoms with Gasteiger partial charge in [-0.2, -0.15) is 4.31 Å². The number of aromatic nitrogens is 1. The Balaban J connectivity index is 2.04. The molecule has 10 nitrogen and oxygen atoms in total. The van der Waals surface area contributed by atoms with Gasteiger partial charge in [0, 0.05) is 32.9 Å². The van der Waals surface area contributed by atoms with Crippen LogP contribution >= 0.6 is 0 Å². The molecule has 1 aromatic carbocycles. The Morgan fingerprint density at radius 1 is 1.09 bits per heavy atom. The van der Waals surface area contributed by atoms with Crippen LogP contribution in [-0.2, 0) is 33.1 Å². The number of aryl methyl sites for hydroxylation is 1. The van der Waals surface area contributed by atoms with Gasteiger partial charge in [-0.1, -0.05) is 19.9 Å². The lowest BCUT2D eigenvalue weighted by atomic mass is 10.2. The Morgan fingerprint density at radius 2 is 1.73 bits per heavy atom. The molecule has 182 valence electrons. The van der Waals surface area contributed by atoms with Crippen LogP contribution < -0.4 is 14.8 Å². The highest BCUT2D eigenvalue weighted by molar-refractivity contribution is 7.89. The predicted molar refractivity (Wildman–Crippen MR) is 122 cm³/mol. The minimum absolute atomic E-state index is 0.00814. The molecule has 0 saturated heterocycles. The second-order valence-corrected chi connectivity index (χ2v) is 9.15. The molecule has 0 bridgehead atoms. The minimum Gasteiger partial charge on any atom is -0.493 e. The molecule has 0 fully saturated rings. The van der Waals surface area contributed by atoms with E-state index >= 15 is 0 Å². The first-order chi connectivity index (χ1) is 15.6. The average molecular weight is 482 g/mol. The maximum Gasteiger partial charge on any atom is 0.355 e. The van der Waals surface area contributed by atoms with Crippen LogP contribution in [0.25, 0.3) is 0 Å². The number of nitrogens with zero attached hydrogens (tertiary/aromatic N) is 2. The zero-order chi connectivity index (χ0) is 24.8. The number of benzene rings is 1. The van der Waals surface area contributed by atoms with Crippen molar-refractivity contribution in [2.75, 3.05) is 27.3 Å². The number of rotatable bonds is 11. The van der Waals surface area contributed by atoms with Crippen molar-refractivity contribution in [3.63, 3.8) is 0 Å². The molecule has 0 radical (unpaired) electrons. The second kappa shape index (κ2) is 11.2. The largest absolute Gasteiger partial charge is 0.493 e. The molecule has 1 atom stereocenters. The van der Waals surface area contributed by atoms with E-state index in [0.717, 1.165) is 5.56 Å². The maximum absolute atomic E-state index is 12.7. The van der Waals surface area contributed by atoms with E-state index in [0.29, 0.717) is 24.6 Å². The standard InChI is InChI=1S/C22H31N3O7S/c1-7-25(8-2)33(28,29)17-12-18(24(4)14-17)22(27)32-15(3)21(26)23-13-16-9-10-19(30-5)20(11-16)31-6/h9-12,14-15H,7-8,13H2,1-6H3,(H,23,26). The summed E-state index contributed by atoms with van der Waals surface area (Å²) in [7, 11) is 0.866. The van der Waals surface area contributed by atoms with Gasteiger partial charge in [0.25, 0.3) is 5.91 Å². The normalized spacial score (nSPS) is 12.3. The molecule has 11 heteroatoms. The van der Waals surface area contributed by atoms with Gasteiger partial charge in [-0.05, 0) is 30.7 Å². The molecular formula is C22H31N3O7S. The molecule has 0 aliphatic heterocycles. The van der Waals surface area contributed by atoms with E-state index in [-0.39, 0.29) is 17.1 Å². The summed E-state index contributed by atoms with van der Waals surface area (Å²) in [6.45, 7) is 5.73. The van der Waals surface area contributed by atoms with Gasteiger partial charge in [0.05, 0.1) is 14.2 Å². The zero-order valence-electron chi connectivity index (χ0n) is 19.7. The minimum atomic E-state index is -3.73. The fourth-order valence-electron chi connectivity index (χ4n) is 3.19. The fourth-order valence-corrected chi connectivity index (χ4v) is 4.72. The molecule has 1 aromatic heterocycles. The summed E-state index contributed by atoms with van der Waals surface area (Å²) in [4.78, 5) is 25.0. The van der Waals surface area contributed by atoms with Gasteiger partial charge in [-0.15, -0.1) is 0 Å². The number of methoxy groups -OCH3 is 2. The molecule has 1 heterocycles. The first-order valence-electron chi connectivity index (χ1n) is 10.4. The number of carbonyl (C=O) groups excluding carboxylic acids is 2. The summed E-state index contributed by atoms with van der Waals surface area (Å²) >= 11 is 0. The van der Waals surface area contributed by atoms with Crippen LogP contribution in [0.3, 0.4) is 0 Å². The van der Waals surface area contributed by atoms with Gasteiger partial charge in [-0.25, -0.2) is 13.2 Å². The second-order valence-electron chi connectivity index (χ2n) is 7.22. The lowest BCUT2D eigenvalue weighted by Gasteiger charge is -2.17. The van der Waals surface area contributed by atoms with Crippen molar-refractivity contribution in [2.24, 2.45) is 7.05 Å². The van der Waals surface area contributed by atoms with Crippen molar-refractivity contribution in [1.82, 2.24) is 14.2 Å². The quantitative estimate of drug-likeness (QED) is 0.488. The maximum atomic E-state index is 12.7. The van der Waals surface area contributed by atoms with Gasteiger partial charge in [-0.3, -0.25) is 4.79 Å². The monoisotopic (exact) mass is 481 g/mol. The Morgan fingerprint density at radius 3 is 2.30 bits per heavy atom. The van der Waals surface area contributed by atoms with Gasteiger partial charge in [0.2, 0.25) is 10.0 Å². The Labute approximate surface area is 194 Å². The lowest BCUT2D eigenvalue weighted by molar-refractivity contribution is -0.129. The highest BCUT2D eigenvalue weighted by atomic mass is 32.2. The summed E-state index contributed by atoms with van der Waals surface area (Å²) in [6.07, 6.45) is 0.266. The van der Waals surface area contributed by atoms with Crippen LogP contribution in [0.1, 0.15) is 36.8 Å². The van der Waals surface area contributed by atoms with Crippen molar-refractivity contribution in [3.05, 3.63) is 41.7 Å². The molecule has 2 aromatic rings. The van der Waals surface area contributed by atoms with Crippen LogP contribution in [0.2, 0.25) is 0 Å². The van der Waals surface area contributed by atoms with Gasteiger partial charge >= 0.3 is 5.97 Å². The number of carbonyl (C=O) groups is 2. The van der Waals surface area contributed by atoms with Crippen molar-refractivity contribution >= 4 is 21.9 Å². The number of nitrogens with one attached hydrogen (secondary N) is 1. The van der Waals surface area contributed by atoms with Crippen molar-refractivity contribution in [2.45, 2.75) is 38.3 Å². The topological polar surface area (TPSA) is 116 Å². The van der Waals surface area contributed by atoms with Crippen LogP contribution in [0, 0.1) is 0 Å². The van der Waals surface area contributed by atoms with Gasteiger partial charge < -0.3 is 24.1 Å². The molecule has 2 rings (SSSR count). The molecular weight excluding hydrogens is 450 g/mol. The van der Waals surface area contributed by atoms with Crippen molar-refractivity contribution in [1.29, 1.82) is 0 Å². The predicted octanol–water partition coefficient (Wildman–Crippen LogP) is 1.93. The van der Waals surface area contributed by atoms with Crippen LogP contribution in [0.5, 0.6) is 11.5 Å². The van der Waals surface area contributed by atoms with E-state index in [1.165, 1.54) is 42.3 Å². The number of amides is 1. The molecule has 1 amide bonds. The molecule has 0 aliphatic rings.